The van der Waals surface area contributed by atoms with Gasteiger partial charge in [0, 0.05) is 12.6 Å². The molecular weight excluding hydrogens is 172 g/mol. The first-order valence-corrected chi connectivity index (χ1v) is 4.40. The van der Waals surface area contributed by atoms with Crippen LogP contribution in [0.15, 0.2) is 0 Å². The first kappa shape index (κ1) is 10.3. The summed E-state index contributed by atoms with van der Waals surface area (Å²) in [5.41, 5.74) is 4.91. The van der Waals surface area contributed by atoms with E-state index in [1.54, 1.807) is 0 Å². The number of aliphatic hydroxyl groups is 1. The van der Waals surface area contributed by atoms with Gasteiger partial charge in [-0.1, -0.05) is 0 Å². The summed E-state index contributed by atoms with van der Waals surface area (Å²) in [5, 5.41) is 8.96. The molecule has 5 nitrogen and oxygen atoms in total. The van der Waals surface area contributed by atoms with Crippen molar-refractivity contribution < 1.29 is 14.6 Å². The normalized spacial score (nSPS) is 30.0. The Kier molecular flexibility index (Phi) is 3.50. The molecule has 2 unspecified atom stereocenters. The SMILES string of the molecule is CN1CC(OC(N)=O)CCC1CO. The van der Waals surface area contributed by atoms with Crippen LogP contribution in [-0.2, 0) is 4.74 Å². The number of amides is 1. The van der Waals surface area contributed by atoms with Crippen molar-refractivity contribution in [3.05, 3.63) is 0 Å². The quantitative estimate of drug-likeness (QED) is 0.614. The van der Waals surface area contributed by atoms with Crippen molar-refractivity contribution in [2.45, 2.75) is 25.0 Å². The van der Waals surface area contributed by atoms with E-state index in [4.69, 9.17) is 15.6 Å². The van der Waals surface area contributed by atoms with Crippen molar-refractivity contribution in [1.82, 2.24) is 4.90 Å². The number of hydrogen-bond donors (Lipinski definition) is 2. The van der Waals surface area contributed by atoms with Crippen molar-refractivity contribution >= 4 is 6.09 Å². The van der Waals surface area contributed by atoms with E-state index in [2.05, 4.69) is 0 Å². The molecule has 3 N–H and O–H groups in total. The van der Waals surface area contributed by atoms with Crippen LogP contribution in [0.1, 0.15) is 12.8 Å². The van der Waals surface area contributed by atoms with Gasteiger partial charge in [-0.15, -0.1) is 0 Å². The van der Waals surface area contributed by atoms with Gasteiger partial charge in [0.15, 0.2) is 0 Å². The molecule has 0 aromatic rings. The maximum atomic E-state index is 10.5. The van der Waals surface area contributed by atoms with Crippen LogP contribution in [0.4, 0.5) is 4.79 Å². The minimum Gasteiger partial charge on any atom is -0.445 e. The maximum Gasteiger partial charge on any atom is 0.404 e. The molecule has 5 heteroatoms. The minimum absolute atomic E-state index is 0.120. The first-order chi connectivity index (χ1) is 6.13. The smallest absolute Gasteiger partial charge is 0.404 e. The van der Waals surface area contributed by atoms with Gasteiger partial charge in [-0.3, -0.25) is 4.90 Å². The summed E-state index contributed by atoms with van der Waals surface area (Å²) in [7, 11) is 1.90. The highest BCUT2D eigenvalue weighted by Crippen LogP contribution is 2.17. The average molecular weight is 188 g/mol. The summed E-state index contributed by atoms with van der Waals surface area (Å²) < 4.78 is 4.87. The highest BCUT2D eigenvalue weighted by Gasteiger charge is 2.26. The summed E-state index contributed by atoms with van der Waals surface area (Å²) in [5.74, 6) is 0. The summed E-state index contributed by atoms with van der Waals surface area (Å²) in [6.45, 7) is 0.800. The molecule has 1 aliphatic heterocycles. The number of primary amides is 1. The molecule has 1 rings (SSSR count). The Bertz CT molecular complexity index is 186. The van der Waals surface area contributed by atoms with E-state index in [1.165, 1.54) is 0 Å². The van der Waals surface area contributed by atoms with Crippen molar-refractivity contribution in [3.63, 3.8) is 0 Å². The van der Waals surface area contributed by atoms with E-state index >= 15 is 0 Å². The lowest BCUT2D eigenvalue weighted by Gasteiger charge is -2.35. The van der Waals surface area contributed by atoms with Crippen LogP contribution in [0.5, 0.6) is 0 Å². The van der Waals surface area contributed by atoms with Gasteiger partial charge in [-0.2, -0.15) is 0 Å². The van der Waals surface area contributed by atoms with Gasteiger partial charge < -0.3 is 15.6 Å². The van der Waals surface area contributed by atoms with Gasteiger partial charge in [0.2, 0.25) is 0 Å². The Morgan fingerprint density at radius 3 is 2.85 bits per heavy atom. The van der Waals surface area contributed by atoms with E-state index in [1.807, 2.05) is 11.9 Å². The molecule has 1 aliphatic rings. The predicted octanol–water partition coefficient (Wildman–Crippen LogP) is -0.463. The molecule has 2 atom stereocenters. The van der Waals surface area contributed by atoms with Crippen LogP contribution < -0.4 is 5.73 Å². The second kappa shape index (κ2) is 4.43. The number of carbonyl (C=O) groups excluding carboxylic acids is 1. The molecule has 0 saturated carbocycles. The van der Waals surface area contributed by atoms with Gasteiger partial charge >= 0.3 is 6.09 Å². The highest BCUT2D eigenvalue weighted by molar-refractivity contribution is 5.64. The molecule has 0 aromatic heterocycles. The number of likely N-dealkylation sites (N-methyl/N-ethyl adjacent to an activating group) is 1. The van der Waals surface area contributed by atoms with Crippen molar-refractivity contribution in [1.29, 1.82) is 0 Å². The van der Waals surface area contributed by atoms with Crippen LogP contribution in [0.25, 0.3) is 0 Å². The third kappa shape index (κ3) is 2.86. The summed E-state index contributed by atoms with van der Waals surface area (Å²) in [4.78, 5) is 12.4. The number of aliphatic hydroxyl groups excluding tert-OH is 1. The number of piperidine rings is 1. The highest BCUT2D eigenvalue weighted by atomic mass is 16.6. The maximum absolute atomic E-state index is 10.5. The van der Waals surface area contributed by atoms with E-state index in [0.29, 0.717) is 6.54 Å². The van der Waals surface area contributed by atoms with Gasteiger partial charge in [-0.05, 0) is 19.9 Å². The molecule has 0 radical (unpaired) electrons. The lowest BCUT2D eigenvalue weighted by molar-refractivity contribution is 0.0176. The largest absolute Gasteiger partial charge is 0.445 e. The zero-order valence-electron chi connectivity index (χ0n) is 7.77. The molecule has 0 spiro atoms. The van der Waals surface area contributed by atoms with E-state index < -0.39 is 6.09 Å². The number of rotatable bonds is 2. The van der Waals surface area contributed by atoms with Crippen LogP contribution in [0, 0.1) is 0 Å². The molecule has 0 aliphatic carbocycles. The lowest BCUT2D eigenvalue weighted by atomic mass is 10.0. The minimum atomic E-state index is -0.721. The average Bonchev–Trinajstić information content (AvgIpc) is 2.03. The first-order valence-electron chi connectivity index (χ1n) is 4.40. The van der Waals surface area contributed by atoms with Gasteiger partial charge in [0.25, 0.3) is 0 Å². The van der Waals surface area contributed by atoms with E-state index in [0.717, 1.165) is 12.8 Å². The van der Waals surface area contributed by atoms with Crippen LogP contribution in [0.3, 0.4) is 0 Å². The number of nitrogens with zero attached hydrogens (tertiary/aromatic N) is 1. The molecule has 13 heavy (non-hydrogen) atoms. The fraction of sp³-hybridized carbons (Fsp3) is 0.875. The summed E-state index contributed by atoms with van der Waals surface area (Å²) in [6.07, 6.45) is 0.773. The molecule has 1 heterocycles. The number of hydrogen-bond acceptors (Lipinski definition) is 4. The molecule has 76 valence electrons. The third-order valence-electron chi connectivity index (χ3n) is 2.43. The number of likely N-dealkylation sites (tertiary alicyclic amines) is 1. The predicted molar refractivity (Wildman–Crippen MR) is 47.2 cm³/mol. The van der Waals surface area contributed by atoms with Crippen molar-refractivity contribution in [3.8, 4) is 0 Å². The second-order valence-electron chi connectivity index (χ2n) is 3.41. The zero-order chi connectivity index (χ0) is 9.84. The standard InChI is InChI=1S/C8H16N2O3/c1-10-4-7(13-8(9)12)3-2-6(10)5-11/h6-7,11H,2-5H2,1H3,(H2,9,12). The van der Waals surface area contributed by atoms with Crippen molar-refractivity contribution in [2.75, 3.05) is 20.2 Å². The summed E-state index contributed by atoms with van der Waals surface area (Å²) in [6, 6.07) is 0.188. The lowest BCUT2D eigenvalue weighted by Crippen LogP contribution is -2.46. The van der Waals surface area contributed by atoms with Gasteiger partial charge in [0.1, 0.15) is 6.10 Å². The summed E-state index contributed by atoms with van der Waals surface area (Å²) >= 11 is 0. The van der Waals surface area contributed by atoms with Gasteiger partial charge in [-0.25, -0.2) is 4.79 Å². The fourth-order valence-electron chi connectivity index (χ4n) is 1.65. The Labute approximate surface area is 77.5 Å². The molecule has 1 saturated heterocycles. The van der Waals surface area contributed by atoms with Crippen LogP contribution >= 0.6 is 0 Å². The second-order valence-corrected chi connectivity index (χ2v) is 3.41. The molecule has 0 bridgehead atoms. The van der Waals surface area contributed by atoms with E-state index in [9.17, 15) is 4.79 Å². The molecule has 1 amide bonds. The topological polar surface area (TPSA) is 75.8 Å². The molecular formula is C8H16N2O3. The molecule has 1 fully saturated rings. The Morgan fingerprint density at radius 1 is 1.69 bits per heavy atom. The molecule has 0 aromatic carbocycles. The van der Waals surface area contributed by atoms with Crippen LogP contribution in [-0.4, -0.2) is 48.4 Å². The number of carbonyl (C=O) groups is 1. The monoisotopic (exact) mass is 188 g/mol. The fourth-order valence-corrected chi connectivity index (χ4v) is 1.65. The Hall–Kier alpha value is -0.810. The Morgan fingerprint density at radius 2 is 2.38 bits per heavy atom. The van der Waals surface area contributed by atoms with Crippen molar-refractivity contribution in [2.24, 2.45) is 5.73 Å². The van der Waals surface area contributed by atoms with Gasteiger partial charge in [0.05, 0.1) is 6.61 Å². The number of nitrogens with two attached hydrogens (primary N) is 1. The Balaban J connectivity index is 2.36. The number of ether oxygens (including phenoxy) is 1. The zero-order valence-corrected chi connectivity index (χ0v) is 7.77. The van der Waals surface area contributed by atoms with Crippen LogP contribution in [0.2, 0.25) is 0 Å². The third-order valence-corrected chi connectivity index (χ3v) is 2.43. The van der Waals surface area contributed by atoms with E-state index in [-0.39, 0.29) is 18.8 Å².